The Morgan fingerprint density at radius 1 is 1.25 bits per heavy atom. The Labute approximate surface area is 92.2 Å². The molecule has 16 heavy (non-hydrogen) atoms. The van der Waals surface area contributed by atoms with Crippen molar-refractivity contribution in [3.05, 3.63) is 29.0 Å². The van der Waals surface area contributed by atoms with Crippen LogP contribution in [0.2, 0.25) is 5.15 Å². The number of hydrogen-bond donors (Lipinski definition) is 1. The molecule has 0 fully saturated rings. The lowest BCUT2D eigenvalue weighted by Gasteiger charge is -2.26. The zero-order chi connectivity index (χ0) is 12.6. The van der Waals surface area contributed by atoms with Crippen molar-refractivity contribution in [3.8, 4) is 0 Å². The predicted molar refractivity (Wildman–Crippen MR) is 47.2 cm³/mol. The zero-order valence-electron chi connectivity index (χ0n) is 7.60. The van der Waals surface area contributed by atoms with Crippen molar-refractivity contribution in [1.82, 2.24) is 4.98 Å². The van der Waals surface area contributed by atoms with Gasteiger partial charge < -0.3 is 5.73 Å². The number of pyridine rings is 1. The molecule has 0 saturated heterocycles. The van der Waals surface area contributed by atoms with E-state index >= 15 is 0 Å². The minimum atomic E-state index is -5.73. The van der Waals surface area contributed by atoms with Gasteiger partial charge in [0.2, 0.25) is 0 Å². The number of nitrogens with two attached hydrogens (primary N) is 1. The molecule has 1 rings (SSSR count). The molecule has 8 heteroatoms. The van der Waals surface area contributed by atoms with Gasteiger partial charge in [0.1, 0.15) is 11.2 Å². The van der Waals surface area contributed by atoms with E-state index in [4.69, 9.17) is 17.3 Å². The molecule has 1 aromatic heterocycles. The molecule has 0 spiro atoms. The molecule has 0 aliphatic heterocycles. The largest absolute Gasteiger partial charge is 0.455 e. The van der Waals surface area contributed by atoms with Crippen LogP contribution in [-0.4, -0.2) is 17.1 Å². The molecule has 2 nitrogen and oxygen atoms in total. The van der Waals surface area contributed by atoms with Crippen LogP contribution in [0.15, 0.2) is 18.3 Å². The summed E-state index contributed by atoms with van der Waals surface area (Å²) in [6, 6.07) is -0.429. The Morgan fingerprint density at radius 3 is 2.25 bits per heavy atom. The average molecular weight is 261 g/mol. The molecule has 0 aliphatic rings. The van der Waals surface area contributed by atoms with E-state index in [1.165, 1.54) is 6.07 Å². The zero-order valence-corrected chi connectivity index (χ0v) is 8.36. The Balaban J connectivity index is 3.12. The summed E-state index contributed by atoms with van der Waals surface area (Å²) in [5, 5.41) is -0.473. The van der Waals surface area contributed by atoms with Crippen LogP contribution in [0.25, 0.3) is 0 Å². The Bertz CT molecular complexity index is 379. The van der Waals surface area contributed by atoms with Crippen molar-refractivity contribution in [2.24, 2.45) is 5.73 Å². The van der Waals surface area contributed by atoms with Crippen LogP contribution >= 0.6 is 11.6 Å². The number of aromatic nitrogens is 1. The van der Waals surface area contributed by atoms with Crippen LogP contribution in [0.1, 0.15) is 11.6 Å². The third-order valence-corrected chi connectivity index (χ3v) is 2.21. The van der Waals surface area contributed by atoms with Crippen molar-refractivity contribution in [2.45, 2.75) is 18.1 Å². The molecule has 0 saturated carbocycles. The molecule has 1 atom stereocenters. The fourth-order valence-corrected chi connectivity index (χ4v) is 1.24. The summed E-state index contributed by atoms with van der Waals surface area (Å²) >= 11 is 5.38. The molecule has 0 aliphatic carbocycles. The molecule has 1 heterocycles. The van der Waals surface area contributed by atoms with E-state index in [1.54, 1.807) is 0 Å². The van der Waals surface area contributed by atoms with E-state index < -0.39 is 28.9 Å². The minimum absolute atomic E-state index is 0.473. The van der Waals surface area contributed by atoms with Crippen molar-refractivity contribution >= 4 is 11.6 Å². The average Bonchev–Trinajstić information content (AvgIpc) is 2.15. The summed E-state index contributed by atoms with van der Waals surface area (Å²) in [4.78, 5) is 3.38. The summed E-state index contributed by atoms with van der Waals surface area (Å²) in [6.07, 6.45) is -4.57. The van der Waals surface area contributed by atoms with Gasteiger partial charge in [-0.25, -0.2) is 4.98 Å². The first-order chi connectivity index (χ1) is 7.18. The highest BCUT2D eigenvalue weighted by Crippen LogP contribution is 2.44. The smallest absolute Gasteiger partial charge is 0.319 e. The van der Waals surface area contributed by atoms with Gasteiger partial charge in [-0.05, 0) is 6.07 Å². The molecular formula is C8H6ClF5N2. The van der Waals surface area contributed by atoms with Gasteiger partial charge in [-0.1, -0.05) is 17.7 Å². The summed E-state index contributed by atoms with van der Waals surface area (Å²) in [5.41, 5.74) is 4.32. The van der Waals surface area contributed by atoms with E-state index in [0.717, 1.165) is 12.3 Å². The second-order valence-corrected chi connectivity index (χ2v) is 3.34. The second kappa shape index (κ2) is 4.14. The van der Waals surface area contributed by atoms with Crippen LogP contribution in [0.3, 0.4) is 0 Å². The number of alkyl halides is 5. The molecule has 1 aromatic rings. The summed E-state index contributed by atoms with van der Waals surface area (Å²) < 4.78 is 61.7. The van der Waals surface area contributed by atoms with Gasteiger partial charge in [0, 0.05) is 11.8 Å². The number of rotatable bonds is 2. The van der Waals surface area contributed by atoms with Gasteiger partial charge in [-0.15, -0.1) is 0 Å². The number of nitrogens with zero attached hydrogens (tertiary/aromatic N) is 1. The third kappa shape index (κ3) is 2.25. The van der Waals surface area contributed by atoms with Gasteiger partial charge in [-0.3, -0.25) is 0 Å². The normalized spacial score (nSPS) is 14.9. The van der Waals surface area contributed by atoms with Crippen LogP contribution in [0.5, 0.6) is 0 Å². The molecule has 0 aromatic carbocycles. The van der Waals surface area contributed by atoms with E-state index in [1.807, 2.05) is 0 Å². The van der Waals surface area contributed by atoms with Crippen LogP contribution in [0, 0.1) is 0 Å². The molecule has 0 bridgehead atoms. The standard InChI is InChI=1S/C8H6ClF5N2/c9-6-4(2-1-3-16-6)5(15)7(10,11)8(12,13)14/h1-3,5H,15H2/t5-/m0/s1. The van der Waals surface area contributed by atoms with Crippen LogP contribution in [-0.2, 0) is 0 Å². The highest BCUT2D eigenvalue weighted by molar-refractivity contribution is 6.30. The fraction of sp³-hybridized carbons (Fsp3) is 0.375. The quantitative estimate of drug-likeness (QED) is 0.656. The van der Waals surface area contributed by atoms with E-state index in [2.05, 4.69) is 4.98 Å². The first-order valence-corrected chi connectivity index (χ1v) is 4.36. The monoisotopic (exact) mass is 260 g/mol. The highest BCUT2D eigenvalue weighted by atomic mass is 35.5. The van der Waals surface area contributed by atoms with Gasteiger partial charge in [0.25, 0.3) is 0 Å². The van der Waals surface area contributed by atoms with Crippen molar-refractivity contribution < 1.29 is 22.0 Å². The predicted octanol–water partition coefficient (Wildman–Crippen LogP) is 2.93. The maximum absolute atomic E-state index is 12.9. The summed E-state index contributed by atoms with van der Waals surface area (Å²) in [6.45, 7) is 0. The van der Waals surface area contributed by atoms with E-state index in [9.17, 15) is 22.0 Å². The molecule has 0 unspecified atom stereocenters. The Kier molecular flexibility index (Phi) is 3.39. The highest BCUT2D eigenvalue weighted by Gasteiger charge is 2.62. The SMILES string of the molecule is N[C@@H](c1cccnc1Cl)C(F)(F)C(F)(F)F. The van der Waals surface area contributed by atoms with Gasteiger partial charge in [0.15, 0.2) is 0 Å². The molecule has 0 amide bonds. The molecule has 0 radical (unpaired) electrons. The number of hydrogen-bond acceptors (Lipinski definition) is 2. The van der Waals surface area contributed by atoms with Crippen LogP contribution < -0.4 is 5.73 Å². The maximum atomic E-state index is 12.9. The lowest BCUT2D eigenvalue weighted by molar-refractivity contribution is -0.291. The topological polar surface area (TPSA) is 38.9 Å². The lowest BCUT2D eigenvalue weighted by atomic mass is 10.0. The van der Waals surface area contributed by atoms with E-state index in [-0.39, 0.29) is 0 Å². The molecular weight excluding hydrogens is 255 g/mol. The van der Waals surface area contributed by atoms with E-state index in [0.29, 0.717) is 0 Å². The maximum Gasteiger partial charge on any atom is 0.455 e. The number of halogens is 6. The van der Waals surface area contributed by atoms with Crippen LogP contribution in [0.4, 0.5) is 22.0 Å². The third-order valence-electron chi connectivity index (χ3n) is 1.89. The van der Waals surface area contributed by atoms with Gasteiger partial charge in [-0.2, -0.15) is 22.0 Å². The molecule has 2 N–H and O–H groups in total. The first-order valence-electron chi connectivity index (χ1n) is 3.98. The van der Waals surface area contributed by atoms with Gasteiger partial charge in [0.05, 0.1) is 0 Å². The Morgan fingerprint density at radius 2 is 1.81 bits per heavy atom. The Hall–Kier alpha value is -0.950. The molecule has 90 valence electrons. The minimum Gasteiger partial charge on any atom is -0.319 e. The fourth-order valence-electron chi connectivity index (χ4n) is 1.00. The lowest BCUT2D eigenvalue weighted by Crippen LogP contribution is -2.46. The summed E-state index contributed by atoms with van der Waals surface area (Å²) in [5.74, 6) is -5.06. The summed E-state index contributed by atoms with van der Waals surface area (Å²) in [7, 11) is 0. The van der Waals surface area contributed by atoms with Gasteiger partial charge >= 0.3 is 12.1 Å². The second-order valence-electron chi connectivity index (χ2n) is 2.98. The van der Waals surface area contributed by atoms with Crippen molar-refractivity contribution in [1.29, 1.82) is 0 Å². The first kappa shape index (κ1) is 13.1. The van der Waals surface area contributed by atoms with Crippen molar-refractivity contribution in [2.75, 3.05) is 0 Å². The van der Waals surface area contributed by atoms with Crippen molar-refractivity contribution in [3.63, 3.8) is 0 Å².